The highest BCUT2D eigenvalue weighted by atomic mass is 16.6. The number of ether oxygens (including phenoxy) is 2. The molecule has 0 spiro atoms. The van der Waals surface area contributed by atoms with Crippen LogP contribution in [0.2, 0.25) is 0 Å². The first-order valence-corrected chi connectivity index (χ1v) is 11.4. The number of alkyl carbamates (subject to hydrolysis) is 2. The van der Waals surface area contributed by atoms with Crippen LogP contribution in [0.15, 0.2) is 48.5 Å². The van der Waals surface area contributed by atoms with Crippen LogP contribution in [0.4, 0.5) is 9.59 Å². The van der Waals surface area contributed by atoms with E-state index in [4.69, 9.17) is 9.47 Å². The van der Waals surface area contributed by atoms with Crippen molar-refractivity contribution < 1.29 is 29.0 Å². The van der Waals surface area contributed by atoms with Crippen molar-refractivity contribution in [2.24, 2.45) is 0 Å². The third-order valence-corrected chi connectivity index (χ3v) is 5.51. The lowest BCUT2D eigenvalue weighted by Gasteiger charge is -2.21. The Bertz CT molecular complexity index is 984. The molecule has 0 radical (unpaired) electrons. The molecule has 3 rings (SSSR count). The van der Waals surface area contributed by atoms with Gasteiger partial charge in [0.2, 0.25) is 0 Å². The summed E-state index contributed by atoms with van der Waals surface area (Å²) < 4.78 is 10.6. The molecule has 34 heavy (non-hydrogen) atoms. The molecule has 2 amide bonds. The van der Waals surface area contributed by atoms with Gasteiger partial charge in [-0.2, -0.15) is 0 Å². The second-order valence-electron chi connectivity index (χ2n) is 9.27. The lowest BCUT2D eigenvalue weighted by atomic mass is 9.98. The van der Waals surface area contributed by atoms with E-state index in [1.165, 1.54) is 0 Å². The zero-order valence-electron chi connectivity index (χ0n) is 19.8. The molecule has 0 fully saturated rings. The summed E-state index contributed by atoms with van der Waals surface area (Å²) in [4.78, 5) is 35.5. The van der Waals surface area contributed by atoms with Gasteiger partial charge in [0.15, 0.2) is 0 Å². The number of carboxylic acids is 1. The van der Waals surface area contributed by atoms with Crippen LogP contribution in [-0.2, 0) is 14.3 Å². The van der Waals surface area contributed by atoms with Crippen molar-refractivity contribution in [1.82, 2.24) is 10.6 Å². The van der Waals surface area contributed by atoms with Crippen LogP contribution in [0.5, 0.6) is 0 Å². The largest absolute Gasteiger partial charge is 0.548 e. The summed E-state index contributed by atoms with van der Waals surface area (Å²) in [5, 5.41) is 16.5. The minimum atomic E-state index is -1.38. The van der Waals surface area contributed by atoms with Crippen LogP contribution < -0.4 is 15.7 Å². The van der Waals surface area contributed by atoms with E-state index in [1.54, 1.807) is 20.8 Å². The van der Waals surface area contributed by atoms with Gasteiger partial charge in [0.05, 0.1) is 12.0 Å². The average molecular weight is 468 g/mol. The van der Waals surface area contributed by atoms with Gasteiger partial charge in [0.1, 0.15) is 12.2 Å². The second kappa shape index (κ2) is 11.0. The second-order valence-corrected chi connectivity index (χ2v) is 9.27. The number of rotatable bonds is 9. The van der Waals surface area contributed by atoms with Gasteiger partial charge in [0.25, 0.3) is 0 Å². The third kappa shape index (κ3) is 6.73. The maximum absolute atomic E-state index is 12.4. The van der Waals surface area contributed by atoms with Crippen LogP contribution >= 0.6 is 0 Å². The molecule has 1 aliphatic rings. The summed E-state index contributed by atoms with van der Waals surface area (Å²) in [6.45, 7) is 5.74. The number of nitrogens with one attached hydrogen (secondary N) is 2. The lowest BCUT2D eigenvalue weighted by Crippen LogP contribution is -2.48. The fourth-order valence-electron chi connectivity index (χ4n) is 4.01. The van der Waals surface area contributed by atoms with Crippen LogP contribution in [0.25, 0.3) is 11.1 Å². The summed E-state index contributed by atoms with van der Waals surface area (Å²) in [5.74, 6) is -1.49. The highest BCUT2D eigenvalue weighted by Gasteiger charge is 2.29. The SMILES string of the molecule is CC(C)(C)OC(=O)NCCCC[C@H](NC(=O)OCC1c2ccccc2-c2ccccc21)C(=O)[O-]. The molecular formula is C26H31N2O6-. The van der Waals surface area contributed by atoms with Gasteiger partial charge in [-0.15, -0.1) is 0 Å². The molecule has 8 nitrogen and oxygen atoms in total. The molecule has 1 aliphatic carbocycles. The van der Waals surface area contributed by atoms with Crippen LogP contribution in [-0.4, -0.2) is 43.0 Å². The molecule has 0 heterocycles. The Kier molecular flexibility index (Phi) is 8.15. The fourth-order valence-corrected chi connectivity index (χ4v) is 4.01. The highest BCUT2D eigenvalue weighted by molar-refractivity contribution is 5.80. The van der Waals surface area contributed by atoms with Crippen molar-refractivity contribution >= 4 is 18.2 Å². The van der Waals surface area contributed by atoms with E-state index < -0.39 is 29.8 Å². The standard InChI is InChI=1S/C26H32N2O6/c1-26(2,3)34-24(31)27-15-9-8-14-22(23(29)30)28-25(32)33-16-21-19-12-6-4-10-17(19)18-11-5-7-13-20(18)21/h4-7,10-13,21-22H,8-9,14-16H2,1-3H3,(H,27,31)(H,28,32)(H,29,30)/p-1/t22-/m0/s1. The van der Waals surface area contributed by atoms with Gasteiger partial charge < -0.3 is 30.0 Å². The van der Waals surface area contributed by atoms with E-state index in [-0.39, 0.29) is 18.9 Å². The number of carboxylic acid groups (broad SMARTS) is 1. The van der Waals surface area contributed by atoms with Crippen LogP contribution in [0.3, 0.4) is 0 Å². The first kappa shape index (κ1) is 25.1. The molecule has 2 aromatic carbocycles. The van der Waals surface area contributed by atoms with Gasteiger partial charge in [-0.05, 0) is 62.3 Å². The topological polar surface area (TPSA) is 117 Å². The zero-order chi connectivity index (χ0) is 24.7. The minimum absolute atomic E-state index is 0.0967. The number of amides is 2. The monoisotopic (exact) mass is 467 g/mol. The number of hydrogen-bond donors (Lipinski definition) is 2. The normalized spacial score (nSPS) is 13.4. The maximum atomic E-state index is 12.4. The van der Waals surface area contributed by atoms with Crippen LogP contribution in [0, 0.1) is 0 Å². The summed E-state index contributed by atoms with van der Waals surface area (Å²) >= 11 is 0. The quantitative estimate of drug-likeness (QED) is 0.547. The number of fused-ring (bicyclic) bond motifs is 3. The van der Waals surface area contributed by atoms with E-state index in [9.17, 15) is 19.5 Å². The fraction of sp³-hybridized carbons (Fsp3) is 0.423. The minimum Gasteiger partial charge on any atom is -0.548 e. The smallest absolute Gasteiger partial charge is 0.407 e. The van der Waals surface area contributed by atoms with Crippen molar-refractivity contribution in [3.63, 3.8) is 0 Å². The summed E-state index contributed by atoms with van der Waals surface area (Å²) in [5.41, 5.74) is 3.78. The van der Waals surface area contributed by atoms with Crippen molar-refractivity contribution in [1.29, 1.82) is 0 Å². The molecule has 8 heteroatoms. The lowest BCUT2D eigenvalue weighted by molar-refractivity contribution is -0.308. The first-order valence-electron chi connectivity index (χ1n) is 11.4. The van der Waals surface area contributed by atoms with Gasteiger partial charge in [-0.1, -0.05) is 48.5 Å². The Morgan fingerprint density at radius 1 is 0.941 bits per heavy atom. The summed E-state index contributed by atoms with van der Waals surface area (Å²) in [6.07, 6.45) is -0.195. The van der Waals surface area contributed by atoms with Crippen molar-refractivity contribution in [2.75, 3.05) is 13.2 Å². The predicted octanol–water partition coefficient (Wildman–Crippen LogP) is 3.34. The van der Waals surface area contributed by atoms with E-state index in [1.807, 2.05) is 48.5 Å². The Hall–Kier alpha value is -3.55. The van der Waals surface area contributed by atoms with E-state index in [0.717, 1.165) is 22.3 Å². The average Bonchev–Trinajstić information content (AvgIpc) is 3.09. The molecule has 0 saturated heterocycles. The number of unbranched alkanes of at least 4 members (excludes halogenated alkanes) is 1. The molecule has 0 aromatic heterocycles. The molecule has 0 unspecified atom stereocenters. The molecule has 2 N–H and O–H groups in total. The van der Waals surface area contributed by atoms with Crippen molar-refractivity contribution in [2.45, 2.75) is 57.6 Å². The molecule has 2 aromatic rings. The van der Waals surface area contributed by atoms with Gasteiger partial charge in [0, 0.05) is 12.5 Å². The molecular weight excluding hydrogens is 436 g/mol. The Morgan fingerprint density at radius 3 is 2.09 bits per heavy atom. The van der Waals surface area contributed by atoms with Crippen molar-refractivity contribution in [3.05, 3.63) is 59.7 Å². The highest BCUT2D eigenvalue weighted by Crippen LogP contribution is 2.44. The first-order chi connectivity index (χ1) is 16.2. The predicted molar refractivity (Wildman–Crippen MR) is 125 cm³/mol. The van der Waals surface area contributed by atoms with Gasteiger partial charge in [-0.3, -0.25) is 0 Å². The number of hydrogen-bond acceptors (Lipinski definition) is 6. The third-order valence-electron chi connectivity index (χ3n) is 5.51. The Balaban J connectivity index is 1.46. The van der Waals surface area contributed by atoms with E-state index >= 15 is 0 Å². The number of benzene rings is 2. The molecule has 0 bridgehead atoms. The zero-order valence-corrected chi connectivity index (χ0v) is 19.8. The molecule has 1 atom stereocenters. The van der Waals surface area contributed by atoms with E-state index in [2.05, 4.69) is 10.6 Å². The molecule has 0 aliphatic heterocycles. The maximum Gasteiger partial charge on any atom is 0.407 e. The Morgan fingerprint density at radius 2 is 1.53 bits per heavy atom. The Labute approximate surface area is 199 Å². The molecule has 0 saturated carbocycles. The van der Waals surface area contributed by atoms with Crippen molar-refractivity contribution in [3.8, 4) is 11.1 Å². The van der Waals surface area contributed by atoms with Gasteiger partial charge in [-0.25, -0.2) is 9.59 Å². The van der Waals surface area contributed by atoms with Crippen LogP contribution in [0.1, 0.15) is 57.1 Å². The summed E-state index contributed by atoms with van der Waals surface area (Å²) in [7, 11) is 0. The summed E-state index contributed by atoms with van der Waals surface area (Å²) in [6, 6.07) is 14.8. The van der Waals surface area contributed by atoms with E-state index in [0.29, 0.717) is 19.4 Å². The molecule has 182 valence electrons. The number of carbonyl (C=O) groups excluding carboxylic acids is 3. The number of aliphatic carboxylic acids is 1. The van der Waals surface area contributed by atoms with Gasteiger partial charge >= 0.3 is 12.2 Å². The number of carbonyl (C=O) groups is 3.